The van der Waals surface area contributed by atoms with Gasteiger partial charge >= 0.3 is 0 Å². The normalized spacial score (nSPS) is 15.0. The third kappa shape index (κ3) is 4.04. The number of aromatic nitrogens is 5. The summed E-state index contributed by atoms with van der Waals surface area (Å²) < 4.78 is 2.05. The van der Waals surface area contributed by atoms with Crippen LogP contribution in [-0.4, -0.2) is 43.9 Å². The number of nitrogens with zero attached hydrogens (tertiary/aromatic N) is 5. The smallest absolute Gasteiger partial charge is 0.161 e. The second kappa shape index (κ2) is 8.06. The van der Waals surface area contributed by atoms with E-state index >= 15 is 0 Å². The second-order valence-corrected chi connectivity index (χ2v) is 7.46. The molecule has 3 aromatic rings. The first kappa shape index (κ1) is 18.6. The second-order valence-electron chi connectivity index (χ2n) is 7.46. The predicted octanol–water partition coefficient (Wildman–Crippen LogP) is 2.54. The summed E-state index contributed by atoms with van der Waals surface area (Å²) in [6, 6.07) is 6.22. The van der Waals surface area contributed by atoms with Crippen molar-refractivity contribution in [1.29, 1.82) is 0 Å². The van der Waals surface area contributed by atoms with Crippen molar-refractivity contribution < 1.29 is 0 Å². The van der Waals surface area contributed by atoms with Gasteiger partial charge in [-0.3, -0.25) is 9.67 Å². The molecule has 0 amide bonds. The van der Waals surface area contributed by atoms with Crippen LogP contribution in [0.2, 0.25) is 0 Å². The highest BCUT2D eigenvalue weighted by Crippen LogP contribution is 2.25. The zero-order valence-electron chi connectivity index (χ0n) is 16.7. The standard InChI is InChI=1S/C21H27N7/c1-14-12-16(3)28(27-14)13-15(2)24-21-18-6-10-23-11-7-19(18)25-20(26-21)17-4-8-22-9-5-17/h4-5,8-9,12,15,23H,6-7,10-11,13H2,1-3H3,(H,24,25,26)/t15-/m1/s1. The van der Waals surface area contributed by atoms with Crippen LogP contribution in [0.25, 0.3) is 11.4 Å². The molecule has 1 atom stereocenters. The summed E-state index contributed by atoms with van der Waals surface area (Å²) in [7, 11) is 0. The van der Waals surface area contributed by atoms with Gasteiger partial charge in [-0.25, -0.2) is 9.97 Å². The Balaban J connectivity index is 1.65. The van der Waals surface area contributed by atoms with E-state index in [0.717, 1.165) is 61.1 Å². The van der Waals surface area contributed by atoms with Crippen molar-refractivity contribution in [3.63, 3.8) is 0 Å². The van der Waals surface area contributed by atoms with Crippen LogP contribution in [0.3, 0.4) is 0 Å². The van der Waals surface area contributed by atoms with Gasteiger partial charge in [-0.2, -0.15) is 5.10 Å². The molecule has 7 nitrogen and oxygen atoms in total. The molecule has 4 heterocycles. The number of hydrogen-bond acceptors (Lipinski definition) is 6. The largest absolute Gasteiger partial charge is 0.365 e. The molecule has 0 spiro atoms. The Kier molecular flexibility index (Phi) is 5.34. The molecule has 7 heteroatoms. The fourth-order valence-corrected chi connectivity index (χ4v) is 3.69. The lowest BCUT2D eigenvalue weighted by Gasteiger charge is -2.20. The summed E-state index contributed by atoms with van der Waals surface area (Å²) >= 11 is 0. The van der Waals surface area contributed by atoms with E-state index < -0.39 is 0 Å². The quantitative estimate of drug-likeness (QED) is 0.711. The van der Waals surface area contributed by atoms with E-state index in [1.807, 2.05) is 19.1 Å². The predicted molar refractivity (Wildman–Crippen MR) is 110 cm³/mol. The van der Waals surface area contributed by atoms with Crippen molar-refractivity contribution in [2.45, 2.75) is 46.2 Å². The van der Waals surface area contributed by atoms with Gasteiger partial charge in [-0.15, -0.1) is 0 Å². The van der Waals surface area contributed by atoms with E-state index in [1.165, 1.54) is 11.3 Å². The van der Waals surface area contributed by atoms with E-state index in [4.69, 9.17) is 9.97 Å². The minimum atomic E-state index is 0.193. The fourth-order valence-electron chi connectivity index (χ4n) is 3.69. The van der Waals surface area contributed by atoms with Gasteiger partial charge in [0.25, 0.3) is 0 Å². The lowest BCUT2D eigenvalue weighted by molar-refractivity contribution is 0.544. The van der Waals surface area contributed by atoms with E-state index in [9.17, 15) is 0 Å². The van der Waals surface area contributed by atoms with Crippen LogP contribution in [0.1, 0.15) is 29.6 Å². The summed E-state index contributed by atoms with van der Waals surface area (Å²) in [5.74, 6) is 1.69. The Hall–Kier alpha value is -2.80. The molecule has 146 valence electrons. The molecule has 28 heavy (non-hydrogen) atoms. The average Bonchev–Trinajstić information content (AvgIpc) is 2.86. The average molecular weight is 377 g/mol. The highest BCUT2D eigenvalue weighted by Gasteiger charge is 2.19. The van der Waals surface area contributed by atoms with E-state index in [-0.39, 0.29) is 6.04 Å². The number of nitrogens with one attached hydrogen (secondary N) is 2. The molecule has 1 aliphatic rings. The highest BCUT2D eigenvalue weighted by atomic mass is 15.3. The number of rotatable bonds is 5. The number of aryl methyl sites for hydroxylation is 2. The summed E-state index contributed by atoms with van der Waals surface area (Å²) in [6.45, 7) is 8.98. The third-order valence-electron chi connectivity index (χ3n) is 5.05. The minimum Gasteiger partial charge on any atom is -0.365 e. The Bertz CT molecular complexity index is 949. The Labute approximate surface area is 165 Å². The molecule has 0 radical (unpaired) electrons. The van der Waals surface area contributed by atoms with Gasteiger partial charge in [0.05, 0.1) is 17.9 Å². The van der Waals surface area contributed by atoms with Crippen molar-refractivity contribution in [2.24, 2.45) is 0 Å². The van der Waals surface area contributed by atoms with E-state index in [1.54, 1.807) is 12.4 Å². The van der Waals surface area contributed by atoms with Crippen molar-refractivity contribution in [1.82, 2.24) is 30.0 Å². The highest BCUT2D eigenvalue weighted by molar-refractivity contribution is 5.60. The van der Waals surface area contributed by atoms with Crippen LogP contribution in [0, 0.1) is 13.8 Å². The molecular formula is C21H27N7. The summed E-state index contributed by atoms with van der Waals surface area (Å²) in [5, 5.41) is 11.7. The maximum Gasteiger partial charge on any atom is 0.161 e. The fraction of sp³-hybridized carbons (Fsp3) is 0.429. The molecule has 1 aliphatic heterocycles. The molecule has 4 rings (SSSR count). The van der Waals surface area contributed by atoms with Crippen LogP contribution in [0.4, 0.5) is 5.82 Å². The minimum absolute atomic E-state index is 0.193. The number of anilines is 1. The van der Waals surface area contributed by atoms with Crippen LogP contribution in [-0.2, 0) is 19.4 Å². The number of hydrogen-bond donors (Lipinski definition) is 2. The van der Waals surface area contributed by atoms with Gasteiger partial charge < -0.3 is 10.6 Å². The molecule has 2 N–H and O–H groups in total. The molecule has 0 bridgehead atoms. The van der Waals surface area contributed by atoms with Crippen molar-refractivity contribution in [3.8, 4) is 11.4 Å². The molecule has 0 aromatic carbocycles. The molecular weight excluding hydrogens is 350 g/mol. The van der Waals surface area contributed by atoms with E-state index in [0.29, 0.717) is 0 Å². The monoisotopic (exact) mass is 377 g/mol. The van der Waals surface area contributed by atoms with Crippen LogP contribution < -0.4 is 10.6 Å². The Morgan fingerprint density at radius 2 is 1.93 bits per heavy atom. The number of pyridine rings is 1. The van der Waals surface area contributed by atoms with Crippen LogP contribution >= 0.6 is 0 Å². The first-order chi connectivity index (χ1) is 13.6. The lowest BCUT2D eigenvalue weighted by Crippen LogP contribution is -2.25. The number of fused-ring (bicyclic) bond motifs is 1. The van der Waals surface area contributed by atoms with Gasteiger partial charge in [-0.1, -0.05) is 0 Å². The SMILES string of the molecule is Cc1cc(C)n(C[C@@H](C)Nc2nc(-c3ccncc3)nc3c2CCNCC3)n1. The first-order valence-corrected chi connectivity index (χ1v) is 9.88. The van der Waals surface area contributed by atoms with Gasteiger partial charge in [0.1, 0.15) is 5.82 Å². The molecule has 0 saturated heterocycles. The van der Waals surface area contributed by atoms with E-state index in [2.05, 4.69) is 45.3 Å². The van der Waals surface area contributed by atoms with Crippen LogP contribution in [0.15, 0.2) is 30.6 Å². The zero-order valence-corrected chi connectivity index (χ0v) is 16.7. The summed E-state index contributed by atoms with van der Waals surface area (Å²) in [5.41, 5.74) is 5.57. The van der Waals surface area contributed by atoms with Crippen molar-refractivity contribution in [2.75, 3.05) is 18.4 Å². The van der Waals surface area contributed by atoms with Gasteiger partial charge in [0.15, 0.2) is 5.82 Å². The maximum atomic E-state index is 4.90. The summed E-state index contributed by atoms with van der Waals surface area (Å²) in [6.07, 6.45) is 5.41. The molecule has 0 fully saturated rings. The topological polar surface area (TPSA) is 80.5 Å². The zero-order chi connectivity index (χ0) is 19.5. The maximum absolute atomic E-state index is 4.90. The Morgan fingerprint density at radius 3 is 2.68 bits per heavy atom. The Morgan fingerprint density at radius 1 is 1.14 bits per heavy atom. The molecule has 0 unspecified atom stereocenters. The van der Waals surface area contributed by atoms with Gasteiger partial charge in [0, 0.05) is 48.2 Å². The molecule has 3 aromatic heterocycles. The third-order valence-corrected chi connectivity index (χ3v) is 5.05. The van der Waals surface area contributed by atoms with Gasteiger partial charge in [-0.05, 0) is 51.9 Å². The molecule has 0 saturated carbocycles. The van der Waals surface area contributed by atoms with Crippen LogP contribution in [0.5, 0.6) is 0 Å². The molecule has 0 aliphatic carbocycles. The summed E-state index contributed by atoms with van der Waals surface area (Å²) in [4.78, 5) is 13.9. The lowest BCUT2D eigenvalue weighted by atomic mass is 10.1. The first-order valence-electron chi connectivity index (χ1n) is 9.88. The van der Waals surface area contributed by atoms with Crippen molar-refractivity contribution >= 4 is 5.82 Å². The van der Waals surface area contributed by atoms with Gasteiger partial charge in [0.2, 0.25) is 0 Å². The van der Waals surface area contributed by atoms with Crippen molar-refractivity contribution in [3.05, 3.63) is 53.2 Å².